The van der Waals surface area contributed by atoms with E-state index in [0.717, 1.165) is 0 Å². The van der Waals surface area contributed by atoms with Crippen LogP contribution in [0.5, 0.6) is 0 Å². The van der Waals surface area contributed by atoms with E-state index in [1.54, 1.807) is 6.07 Å². The van der Waals surface area contributed by atoms with Crippen molar-refractivity contribution >= 4 is 33.4 Å². The molecule has 0 radical (unpaired) electrons. The molecule has 0 saturated heterocycles. The van der Waals surface area contributed by atoms with Crippen molar-refractivity contribution in [2.75, 3.05) is 5.32 Å². The predicted molar refractivity (Wildman–Crippen MR) is 65.3 cm³/mol. The first kappa shape index (κ1) is 13.4. The number of hydrogen-bond donors (Lipinski definition) is 3. The quantitative estimate of drug-likeness (QED) is 0.345. The molecule has 1 amide bonds. The molecule has 1 rings (SSSR count). The molecule has 5 nitrogen and oxygen atoms in total. The van der Waals surface area contributed by atoms with E-state index in [2.05, 4.69) is 26.4 Å². The predicted octanol–water partition coefficient (Wildman–Crippen LogP) is 1.91. The standard InChI is InChI=1S/C10H11BrFN3O2/c1-5(9(13)15-17)10(16)14-8-3-2-6(11)4-7(8)12/h2-5,17H,1H3,(H2,13,15)(H,14,16). The largest absolute Gasteiger partial charge is 0.409 e. The number of oxime groups is 1. The van der Waals surface area contributed by atoms with Crippen molar-refractivity contribution in [3.63, 3.8) is 0 Å². The minimum atomic E-state index is -0.844. The fraction of sp³-hybridized carbons (Fsp3) is 0.200. The number of nitrogens with zero attached hydrogens (tertiary/aromatic N) is 1. The third-order valence-corrected chi connectivity index (χ3v) is 2.63. The Balaban J connectivity index is 2.81. The number of amidine groups is 1. The Labute approximate surface area is 106 Å². The third-order valence-electron chi connectivity index (χ3n) is 2.14. The highest BCUT2D eigenvalue weighted by Crippen LogP contribution is 2.19. The number of benzene rings is 1. The Morgan fingerprint density at radius 1 is 1.65 bits per heavy atom. The number of anilines is 1. The van der Waals surface area contributed by atoms with Gasteiger partial charge in [0.15, 0.2) is 5.84 Å². The first-order valence-corrected chi connectivity index (χ1v) is 5.48. The Morgan fingerprint density at radius 2 is 2.29 bits per heavy atom. The van der Waals surface area contributed by atoms with Gasteiger partial charge in [0.05, 0.1) is 11.6 Å². The lowest BCUT2D eigenvalue weighted by Gasteiger charge is -2.11. The summed E-state index contributed by atoms with van der Waals surface area (Å²) in [4.78, 5) is 11.6. The van der Waals surface area contributed by atoms with Gasteiger partial charge in [-0.15, -0.1) is 0 Å². The molecule has 1 aromatic rings. The zero-order chi connectivity index (χ0) is 13.0. The smallest absolute Gasteiger partial charge is 0.235 e. The van der Waals surface area contributed by atoms with Crippen LogP contribution in [0, 0.1) is 11.7 Å². The topological polar surface area (TPSA) is 87.7 Å². The van der Waals surface area contributed by atoms with E-state index < -0.39 is 17.6 Å². The summed E-state index contributed by atoms with van der Waals surface area (Å²) in [7, 11) is 0. The molecule has 1 atom stereocenters. The Kier molecular flexibility index (Phi) is 4.45. The van der Waals surface area contributed by atoms with Crippen molar-refractivity contribution in [1.29, 1.82) is 0 Å². The van der Waals surface area contributed by atoms with E-state index in [9.17, 15) is 9.18 Å². The van der Waals surface area contributed by atoms with E-state index in [1.807, 2.05) is 0 Å². The van der Waals surface area contributed by atoms with Gasteiger partial charge in [-0.2, -0.15) is 0 Å². The van der Waals surface area contributed by atoms with Crippen LogP contribution >= 0.6 is 15.9 Å². The summed E-state index contributed by atoms with van der Waals surface area (Å²) in [5, 5.41) is 13.5. The zero-order valence-corrected chi connectivity index (χ0v) is 10.5. The highest BCUT2D eigenvalue weighted by atomic mass is 79.9. The molecule has 0 bridgehead atoms. The average Bonchev–Trinajstić information content (AvgIpc) is 2.30. The number of hydrogen-bond acceptors (Lipinski definition) is 3. The van der Waals surface area contributed by atoms with Gasteiger partial charge in [0, 0.05) is 4.47 Å². The molecule has 17 heavy (non-hydrogen) atoms. The van der Waals surface area contributed by atoms with Crippen LogP contribution in [-0.4, -0.2) is 17.0 Å². The first-order valence-electron chi connectivity index (χ1n) is 4.69. The van der Waals surface area contributed by atoms with Gasteiger partial charge in [-0.3, -0.25) is 4.79 Å². The van der Waals surface area contributed by atoms with Crippen LogP contribution in [-0.2, 0) is 4.79 Å². The Morgan fingerprint density at radius 3 is 2.82 bits per heavy atom. The molecule has 0 fully saturated rings. The highest BCUT2D eigenvalue weighted by molar-refractivity contribution is 9.10. The number of carbonyl (C=O) groups excluding carboxylic acids is 1. The normalized spacial score (nSPS) is 13.2. The van der Waals surface area contributed by atoms with Crippen LogP contribution in [0.4, 0.5) is 10.1 Å². The molecule has 0 aliphatic carbocycles. The average molecular weight is 304 g/mol. The Hall–Kier alpha value is -1.63. The van der Waals surface area contributed by atoms with Crippen molar-refractivity contribution in [3.8, 4) is 0 Å². The second-order valence-corrected chi connectivity index (χ2v) is 4.28. The van der Waals surface area contributed by atoms with Crippen LogP contribution in [0.2, 0.25) is 0 Å². The Bertz CT molecular complexity index is 465. The van der Waals surface area contributed by atoms with Crippen LogP contribution in [0.3, 0.4) is 0 Å². The molecule has 1 aromatic carbocycles. The van der Waals surface area contributed by atoms with Gasteiger partial charge < -0.3 is 16.3 Å². The maximum atomic E-state index is 13.4. The lowest BCUT2D eigenvalue weighted by Crippen LogP contribution is -2.32. The fourth-order valence-corrected chi connectivity index (χ4v) is 1.39. The molecule has 7 heteroatoms. The minimum absolute atomic E-state index is 0.0378. The molecule has 0 heterocycles. The summed E-state index contributed by atoms with van der Waals surface area (Å²) >= 11 is 3.10. The number of halogens is 2. The summed E-state index contributed by atoms with van der Waals surface area (Å²) in [6, 6.07) is 4.23. The van der Waals surface area contributed by atoms with Crippen molar-refractivity contribution in [2.24, 2.45) is 16.8 Å². The summed E-state index contributed by atoms with van der Waals surface area (Å²) < 4.78 is 14.0. The number of amides is 1. The SMILES string of the molecule is CC(C(=O)Nc1ccc(Br)cc1F)C(N)=NO. The molecule has 1 unspecified atom stereocenters. The molecule has 92 valence electrons. The van der Waals surface area contributed by atoms with Crippen molar-refractivity contribution in [3.05, 3.63) is 28.5 Å². The van der Waals surface area contributed by atoms with Crippen LogP contribution in [0.25, 0.3) is 0 Å². The van der Waals surface area contributed by atoms with Crippen molar-refractivity contribution < 1.29 is 14.4 Å². The number of nitrogens with one attached hydrogen (secondary N) is 1. The van der Waals surface area contributed by atoms with E-state index in [-0.39, 0.29) is 11.5 Å². The summed E-state index contributed by atoms with van der Waals surface area (Å²) in [6.07, 6.45) is 0. The molecule has 4 N–H and O–H groups in total. The fourth-order valence-electron chi connectivity index (χ4n) is 1.05. The molecule has 0 spiro atoms. The van der Waals surface area contributed by atoms with Gasteiger partial charge in [-0.1, -0.05) is 21.1 Å². The molecule has 0 aliphatic rings. The van der Waals surface area contributed by atoms with E-state index in [1.165, 1.54) is 19.1 Å². The second kappa shape index (κ2) is 5.62. The maximum absolute atomic E-state index is 13.4. The van der Waals surface area contributed by atoms with Crippen LogP contribution in [0.15, 0.2) is 27.8 Å². The van der Waals surface area contributed by atoms with Gasteiger partial charge in [0.2, 0.25) is 5.91 Å². The summed E-state index contributed by atoms with van der Waals surface area (Å²) in [5.41, 5.74) is 5.31. The second-order valence-electron chi connectivity index (χ2n) is 3.36. The lowest BCUT2D eigenvalue weighted by molar-refractivity contribution is -0.117. The minimum Gasteiger partial charge on any atom is -0.409 e. The highest BCUT2D eigenvalue weighted by Gasteiger charge is 2.18. The monoisotopic (exact) mass is 303 g/mol. The third kappa shape index (κ3) is 3.42. The lowest BCUT2D eigenvalue weighted by atomic mass is 10.1. The first-order chi connectivity index (χ1) is 7.95. The number of nitrogens with two attached hydrogens (primary N) is 1. The van der Waals surface area contributed by atoms with E-state index >= 15 is 0 Å². The molecule has 0 saturated carbocycles. The van der Waals surface area contributed by atoms with Gasteiger partial charge in [-0.05, 0) is 25.1 Å². The van der Waals surface area contributed by atoms with Gasteiger partial charge in [0.1, 0.15) is 5.82 Å². The maximum Gasteiger partial charge on any atom is 0.235 e. The number of rotatable bonds is 3. The van der Waals surface area contributed by atoms with E-state index in [0.29, 0.717) is 4.47 Å². The summed E-state index contributed by atoms with van der Waals surface area (Å²) in [5.74, 6) is -2.20. The molecule has 0 aromatic heterocycles. The molecular weight excluding hydrogens is 293 g/mol. The van der Waals surface area contributed by atoms with E-state index in [4.69, 9.17) is 10.9 Å². The molecular formula is C10H11BrFN3O2. The van der Waals surface area contributed by atoms with Crippen molar-refractivity contribution in [1.82, 2.24) is 0 Å². The number of carbonyl (C=O) groups is 1. The van der Waals surface area contributed by atoms with Crippen LogP contribution < -0.4 is 11.1 Å². The van der Waals surface area contributed by atoms with Gasteiger partial charge in [0.25, 0.3) is 0 Å². The molecule has 0 aliphatic heterocycles. The summed E-state index contributed by atoms with van der Waals surface area (Å²) in [6.45, 7) is 1.45. The van der Waals surface area contributed by atoms with Gasteiger partial charge in [-0.25, -0.2) is 4.39 Å². The van der Waals surface area contributed by atoms with Crippen molar-refractivity contribution in [2.45, 2.75) is 6.92 Å². The van der Waals surface area contributed by atoms with Gasteiger partial charge >= 0.3 is 0 Å². The van der Waals surface area contributed by atoms with Crippen LogP contribution in [0.1, 0.15) is 6.92 Å². The zero-order valence-electron chi connectivity index (χ0n) is 8.95.